The molecule has 102 valence electrons. The van der Waals surface area contributed by atoms with Crippen molar-refractivity contribution < 1.29 is 0 Å². The van der Waals surface area contributed by atoms with Crippen LogP contribution in [0.3, 0.4) is 0 Å². The maximum atomic E-state index is 6.01. The van der Waals surface area contributed by atoms with Crippen LogP contribution in [0, 0.1) is 0 Å². The Balaban J connectivity index is 1.89. The molecule has 0 amide bonds. The van der Waals surface area contributed by atoms with Crippen LogP contribution < -0.4 is 0 Å². The molecule has 4 heteroatoms. The molecule has 4 aromatic rings. The molecule has 0 saturated heterocycles. The molecule has 0 unspecified atom stereocenters. The summed E-state index contributed by atoms with van der Waals surface area (Å²) in [6.45, 7) is 0. The van der Waals surface area contributed by atoms with Crippen LogP contribution in [0.4, 0.5) is 0 Å². The fourth-order valence-corrected chi connectivity index (χ4v) is 3.03. The molecular formula is C17H10BrClN2. The molecule has 0 atom stereocenters. The van der Waals surface area contributed by atoms with Gasteiger partial charge in [0.1, 0.15) is 5.82 Å². The predicted octanol–water partition coefficient (Wildman–Crippen LogP) is 5.80. The van der Waals surface area contributed by atoms with Crippen molar-refractivity contribution >= 4 is 49.3 Å². The van der Waals surface area contributed by atoms with Gasteiger partial charge < -0.3 is 4.98 Å². The lowest BCUT2D eigenvalue weighted by atomic mass is 10.1. The predicted molar refractivity (Wildman–Crippen MR) is 91.7 cm³/mol. The Morgan fingerprint density at radius 1 is 0.905 bits per heavy atom. The van der Waals surface area contributed by atoms with Gasteiger partial charge in [0.25, 0.3) is 0 Å². The van der Waals surface area contributed by atoms with Gasteiger partial charge in [0.15, 0.2) is 0 Å². The Kier molecular flexibility index (Phi) is 2.98. The SMILES string of the molecule is Clc1ccc2nc(-c3ccc4cc(Br)ccc4c3)[nH]c2c1. The van der Waals surface area contributed by atoms with Crippen molar-refractivity contribution in [1.29, 1.82) is 0 Å². The molecule has 1 heterocycles. The second-order valence-corrected chi connectivity index (χ2v) is 6.31. The summed E-state index contributed by atoms with van der Waals surface area (Å²) < 4.78 is 1.08. The average molecular weight is 358 g/mol. The summed E-state index contributed by atoms with van der Waals surface area (Å²) in [4.78, 5) is 7.95. The van der Waals surface area contributed by atoms with Crippen molar-refractivity contribution in [2.45, 2.75) is 0 Å². The molecule has 0 bridgehead atoms. The summed E-state index contributed by atoms with van der Waals surface area (Å²) in [5.74, 6) is 0.858. The van der Waals surface area contributed by atoms with E-state index in [1.54, 1.807) is 0 Å². The molecule has 4 rings (SSSR count). The van der Waals surface area contributed by atoms with Gasteiger partial charge in [-0.25, -0.2) is 4.98 Å². The topological polar surface area (TPSA) is 28.7 Å². The molecule has 0 saturated carbocycles. The lowest BCUT2D eigenvalue weighted by Crippen LogP contribution is -1.81. The van der Waals surface area contributed by atoms with Gasteiger partial charge in [0.05, 0.1) is 11.0 Å². The largest absolute Gasteiger partial charge is 0.338 e. The number of rotatable bonds is 1. The molecular weight excluding hydrogens is 348 g/mol. The number of halogens is 2. The standard InChI is InChI=1S/C17H10BrClN2/c18-13-4-3-10-7-12(2-1-11(10)8-13)17-20-15-6-5-14(19)9-16(15)21-17/h1-9H,(H,20,21). The van der Waals surface area contributed by atoms with Crippen molar-refractivity contribution in [3.63, 3.8) is 0 Å². The van der Waals surface area contributed by atoms with E-state index in [1.165, 1.54) is 10.8 Å². The van der Waals surface area contributed by atoms with Gasteiger partial charge in [-0.2, -0.15) is 0 Å². The first-order valence-electron chi connectivity index (χ1n) is 6.54. The van der Waals surface area contributed by atoms with E-state index in [-0.39, 0.29) is 0 Å². The summed E-state index contributed by atoms with van der Waals surface area (Å²) in [6, 6.07) is 18.3. The summed E-state index contributed by atoms with van der Waals surface area (Å²) in [5, 5.41) is 3.10. The van der Waals surface area contributed by atoms with Crippen LogP contribution in [-0.2, 0) is 0 Å². The lowest BCUT2D eigenvalue weighted by molar-refractivity contribution is 1.34. The molecule has 2 nitrogen and oxygen atoms in total. The number of fused-ring (bicyclic) bond motifs is 2. The van der Waals surface area contributed by atoms with Crippen LogP contribution in [0.5, 0.6) is 0 Å². The monoisotopic (exact) mass is 356 g/mol. The maximum absolute atomic E-state index is 6.01. The van der Waals surface area contributed by atoms with Gasteiger partial charge in [-0.1, -0.05) is 45.7 Å². The minimum atomic E-state index is 0.709. The van der Waals surface area contributed by atoms with E-state index in [9.17, 15) is 0 Å². The van der Waals surface area contributed by atoms with Crippen LogP contribution in [0.1, 0.15) is 0 Å². The van der Waals surface area contributed by atoms with E-state index in [1.807, 2.05) is 24.3 Å². The number of aromatic nitrogens is 2. The second kappa shape index (κ2) is 4.86. The highest BCUT2D eigenvalue weighted by atomic mass is 79.9. The number of benzene rings is 3. The van der Waals surface area contributed by atoms with Gasteiger partial charge in [0.2, 0.25) is 0 Å². The summed E-state index contributed by atoms with van der Waals surface area (Å²) in [7, 11) is 0. The van der Waals surface area contributed by atoms with E-state index in [0.29, 0.717) is 5.02 Å². The third kappa shape index (κ3) is 2.33. The Morgan fingerprint density at radius 3 is 2.62 bits per heavy atom. The first-order valence-corrected chi connectivity index (χ1v) is 7.71. The minimum absolute atomic E-state index is 0.709. The molecule has 0 radical (unpaired) electrons. The third-order valence-electron chi connectivity index (χ3n) is 3.52. The van der Waals surface area contributed by atoms with Crippen LogP contribution in [0.2, 0.25) is 5.02 Å². The second-order valence-electron chi connectivity index (χ2n) is 4.95. The third-order valence-corrected chi connectivity index (χ3v) is 4.25. The number of hydrogen-bond donors (Lipinski definition) is 1. The molecule has 1 N–H and O–H groups in total. The molecule has 0 aliphatic heterocycles. The van der Waals surface area contributed by atoms with Crippen LogP contribution >= 0.6 is 27.5 Å². The number of hydrogen-bond acceptors (Lipinski definition) is 1. The van der Waals surface area contributed by atoms with Crippen LogP contribution in [0.25, 0.3) is 33.2 Å². The van der Waals surface area contributed by atoms with E-state index >= 15 is 0 Å². The van der Waals surface area contributed by atoms with Gasteiger partial charge >= 0.3 is 0 Å². The zero-order valence-electron chi connectivity index (χ0n) is 10.9. The lowest BCUT2D eigenvalue weighted by Gasteiger charge is -2.01. The average Bonchev–Trinajstić information content (AvgIpc) is 2.89. The Morgan fingerprint density at radius 2 is 1.71 bits per heavy atom. The summed E-state index contributed by atoms with van der Waals surface area (Å²) in [6.07, 6.45) is 0. The van der Waals surface area contributed by atoms with Crippen molar-refractivity contribution in [1.82, 2.24) is 9.97 Å². The zero-order chi connectivity index (χ0) is 14.4. The number of nitrogens with zero attached hydrogens (tertiary/aromatic N) is 1. The first kappa shape index (κ1) is 12.9. The van der Waals surface area contributed by atoms with Gasteiger partial charge in [-0.05, 0) is 47.2 Å². The van der Waals surface area contributed by atoms with E-state index in [2.05, 4.69) is 56.2 Å². The number of H-pyrrole nitrogens is 1. The Labute approximate surface area is 134 Å². The quantitative estimate of drug-likeness (QED) is 0.458. The molecule has 0 spiro atoms. The Bertz CT molecular complexity index is 975. The number of aromatic amines is 1. The number of nitrogens with one attached hydrogen (secondary N) is 1. The summed E-state index contributed by atoms with van der Waals surface area (Å²) >= 11 is 9.51. The van der Waals surface area contributed by atoms with E-state index in [4.69, 9.17) is 11.6 Å². The van der Waals surface area contributed by atoms with E-state index < -0.39 is 0 Å². The zero-order valence-corrected chi connectivity index (χ0v) is 13.2. The van der Waals surface area contributed by atoms with Crippen molar-refractivity contribution in [2.75, 3.05) is 0 Å². The highest BCUT2D eigenvalue weighted by Gasteiger charge is 2.06. The van der Waals surface area contributed by atoms with Crippen LogP contribution in [-0.4, -0.2) is 9.97 Å². The van der Waals surface area contributed by atoms with Gasteiger partial charge in [-0.3, -0.25) is 0 Å². The smallest absolute Gasteiger partial charge is 0.138 e. The molecule has 1 aromatic heterocycles. The minimum Gasteiger partial charge on any atom is -0.338 e. The fraction of sp³-hybridized carbons (Fsp3) is 0. The highest BCUT2D eigenvalue weighted by molar-refractivity contribution is 9.10. The normalized spacial score (nSPS) is 11.3. The molecule has 0 fully saturated rings. The van der Waals surface area contributed by atoms with Gasteiger partial charge in [0, 0.05) is 15.1 Å². The van der Waals surface area contributed by atoms with Gasteiger partial charge in [-0.15, -0.1) is 0 Å². The molecule has 21 heavy (non-hydrogen) atoms. The summed E-state index contributed by atoms with van der Waals surface area (Å²) in [5.41, 5.74) is 2.94. The fourth-order valence-electron chi connectivity index (χ4n) is 2.48. The number of imidazole rings is 1. The molecule has 3 aromatic carbocycles. The van der Waals surface area contributed by atoms with Crippen LogP contribution in [0.15, 0.2) is 59.1 Å². The maximum Gasteiger partial charge on any atom is 0.138 e. The van der Waals surface area contributed by atoms with Crippen molar-refractivity contribution in [3.05, 3.63) is 64.1 Å². The molecule has 0 aliphatic rings. The highest BCUT2D eigenvalue weighted by Crippen LogP contribution is 2.27. The first-order chi connectivity index (χ1) is 10.2. The Hall–Kier alpha value is -1.84. The van der Waals surface area contributed by atoms with Crippen molar-refractivity contribution in [2.24, 2.45) is 0 Å². The van der Waals surface area contributed by atoms with Crippen molar-refractivity contribution in [3.8, 4) is 11.4 Å². The van der Waals surface area contributed by atoms with E-state index in [0.717, 1.165) is 26.9 Å². The molecule has 0 aliphatic carbocycles.